The summed E-state index contributed by atoms with van der Waals surface area (Å²) >= 11 is 6.14. The molecule has 0 bridgehead atoms. The molecule has 8 nitrogen and oxygen atoms in total. The Hall–Kier alpha value is -3.09. The van der Waals surface area contributed by atoms with E-state index in [0.29, 0.717) is 12.8 Å². The average molecular weight is 560 g/mol. The van der Waals surface area contributed by atoms with E-state index in [2.05, 4.69) is 0 Å². The van der Waals surface area contributed by atoms with Crippen LogP contribution in [-0.4, -0.2) is 39.9 Å². The van der Waals surface area contributed by atoms with Gasteiger partial charge in [-0.3, -0.25) is 14.3 Å². The Morgan fingerprint density at radius 3 is 2.57 bits per heavy atom. The molecule has 2 aromatic carbocycles. The first kappa shape index (κ1) is 27.0. The van der Waals surface area contributed by atoms with Crippen molar-refractivity contribution in [3.05, 3.63) is 63.3 Å². The van der Waals surface area contributed by atoms with Crippen molar-refractivity contribution in [2.75, 3.05) is 19.5 Å². The molecule has 3 aromatic rings. The van der Waals surface area contributed by atoms with Crippen LogP contribution < -0.4 is 14.9 Å². The van der Waals surface area contributed by atoms with Gasteiger partial charge in [0.1, 0.15) is 18.1 Å². The van der Waals surface area contributed by atoms with E-state index in [4.69, 9.17) is 25.5 Å². The van der Waals surface area contributed by atoms with Gasteiger partial charge in [-0.25, -0.2) is 8.42 Å². The summed E-state index contributed by atoms with van der Waals surface area (Å²) in [6.07, 6.45) is -3.46. The summed E-state index contributed by atoms with van der Waals surface area (Å²) in [5, 5.41) is 0.395. The molecule has 1 N–H and O–H groups in total. The molecule has 1 aromatic heterocycles. The highest BCUT2D eigenvalue weighted by atomic mass is 35.5. The number of halogens is 4. The van der Waals surface area contributed by atoms with Gasteiger partial charge in [0, 0.05) is 12.0 Å². The van der Waals surface area contributed by atoms with Gasteiger partial charge in [-0.2, -0.15) is 13.2 Å². The highest BCUT2D eigenvalue weighted by molar-refractivity contribution is 7.89. The number of hydrogen-bond donors (Lipinski definition) is 1. The molecule has 1 fully saturated rings. The lowest BCUT2D eigenvalue weighted by molar-refractivity contribution is -0.137. The average Bonchev–Trinajstić information content (AvgIpc) is 2.76. The predicted molar refractivity (Wildman–Crippen MR) is 129 cm³/mol. The van der Waals surface area contributed by atoms with Crippen molar-refractivity contribution in [3.8, 4) is 17.1 Å². The summed E-state index contributed by atoms with van der Waals surface area (Å²) in [5.41, 5.74) is -1.16. The summed E-state index contributed by atoms with van der Waals surface area (Å²) in [5.74, 6) is -1.30. The number of alkyl halides is 3. The number of benzene rings is 2. The van der Waals surface area contributed by atoms with Crippen molar-refractivity contribution >= 4 is 38.5 Å². The first-order valence-electron chi connectivity index (χ1n) is 11.0. The third-order valence-corrected chi connectivity index (χ3v) is 6.60. The van der Waals surface area contributed by atoms with Crippen LogP contribution in [0.15, 0.2) is 51.7 Å². The largest absolute Gasteiger partial charge is 0.490 e. The maximum atomic E-state index is 13.3. The Morgan fingerprint density at radius 2 is 1.89 bits per heavy atom. The second kappa shape index (κ2) is 10.3. The first-order valence-corrected chi connectivity index (χ1v) is 13.3. The van der Waals surface area contributed by atoms with Gasteiger partial charge in [0.15, 0.2) is 11.0 Å². The van der Waals surface area contributed by atoms with Crippen LogP contribution in [0.3, 0.4) is 0 Å². The maximum Gasteiger partial charge on any atom is 0.416 e. The van der Waals surface area contributed by atoms with Gasteiger partial charge in [0.2, 0.25) is 15.9 Å². The molecule has 0 unspecified atom stereocenters. The highest BCUT2D eigenvalue weighted by Gasteiger charge is 2.36. The van der Waals surface area contributed by atoms with Crippen molar-refractivity contribution in [1.29, 1.82) is 0 Å². The summed E-state index contributed by atoms with van der Waals surface area (Å²) in [4.78, 5) is 24.4. The zero-order valence-corrected chi connectivity index (χ0v) is 20.9. The van der Waals surface area contributed by atoms with E-state index in [9.17, 15) is 31.2 Å². The SMILES string of the molecule is CS(=O)(=O)NC(=O)C1CC(OCCOc2cc(C(F)(F)F)ccc2-c2cc(=O)c3cccc(Cl)c3o2)C1. The number of carbonyl (C=O) groups is 1. The van der Waals surface area contributed by atoms with E-state index < -0.39 is 39.0 Å². The van der Waals surface area contributed by atoms with E-state index in [-0.39, 0.29) is 52.4 Å². The molecule has 13 heteroatoms. The fourth-order valence-electron chi connectivity index (χ4n) is 3.85. The molecule has 0 atom stereocenters. The molecule has 1 aliphatic rings. The molecule has 1 heterocycles. The summed E-state index contributed by atoms with van der Waals surface area (Å²) < 4.78 is 81.1. The lowest BCUT2D eigenvalue weighted by atomic mass is 9.82. The topological polar surface area (TPSA) is 112 Å². The molecule has 4 rings (SSSR count). The van der Waals surface area contributed by atoms with Gasteiger partial charge in [0.05, 0.1) is 40.5 Å². The molecule has 37 heavy (non-hydrogen) atoms. The number of carbonyl (C=O) groups excluding carboxylic acids is 1. The fourth-order valence-corrected chi connectivity index (χ4v) is 4.59. The number of ether oxygens (including phenoxy) is 2. The third kappa shape index (κ3) is 6.43. The number of rotatable bonds is 8. The quantitative estimate of drug-likeness (QED) is 0.408. The molecule has 0 aliphatic heterocycles. The number of hydrogen-bond acceptors (Lipinski definition) is 7. The molecular formula is C24H21ClF3NO7S. The zero-order chi connectivity index (χ0) is 27.0. The van der Waals surface area contributed by atoms with E-state index in [1.54, 1.807) is 6.07 Å². The molecule has 1 aliphatic carbocycles. The minimum atomic E-state index is -4.63. The van der Waals surface area contributed by atoms with Crippen LogP contribution in [0.5, 0.6) is 5.75 Å². The Labute approximate surface area is 214 Å². The van der Waals surface area contributed by atoms with Crippen molar-refractivity contribution in [2.24, 2.45) is 5.92 Å². The second-order valence-electron chi connectivity index (χ2n) is 8.55. The monoisotopic (exact) mass is 559 g/mol. The van der Waals surface area contributed by atoms with Crippen LogP contribution in [0.2, 0.25) is 5.02 Å². The van der Waals surface area contributed by atoms with Crippen LogP contribution in [0.4, 0.5) is 13.2 Å². The Kier molecular flexibility index (Phi) is 7.54. The van der Waals surface area contributed by atoms with Crippen molar-refractivity contribution in [2.45, 2.75) is 25.1 Å². The van der Waals surface area contributed by atoms with E-state index >= 15 is 0 Å². The molecule has 1 saturated carbocycles. The highest BCUT2D eigenvalue weighted by Crippen LogP contribution is 2.38. The van der Waals surface area contributed by atoms with Crippen molar-refractivity contribution in [1.82, 2.24) is 4.72 Å². The van der Waals surface area contributed by atoms with Crippen LogP contribution in [0, 0.1) is 5.92 Å². The fraction of sp³-hybridized carbons (Fsp3) is 0.333. The first-order chi connectivity index (χ1) is 17.3. The Balaban J connectivity index is 1.47. The van der Waals surface area contributed by atoms with Gasteiger partial charge >= 0.3 is 6.18 Å². The smallest absolute Gasteiger partial charge is 0.416 e. The van der Waals surface area contributed by atoms with Gasteiger partial charge in [-0.1, -0.05) is 17.7 Å². The number of fused-ring (bicyclic) bond motifs is 1. The minimum absolute atomic E-state index is 0.00569. The van der Waals surface area contributed by atoms with Crippen molar-refractivity contribution < 1.29 is 40.3 Å². The Bertz CT molecular complexity index is 1500. The zero-order valence-electron chi connectivity index (χ0n) is 19.3. The number of sulfonamides is 1. The predicted octanol–water partition coefficient (Wildman–Crippen LogP) is 4.38. The Morgan fingerprint density at radius 1 is 1.16 bits per heavy atom. The molecule has 0 radical (unpaired) electrons. The normalized spacial score (nSPS) is 17.9. The molecule has 0 spiro atoms. The van der Waals surface area contributed by atoms with Gasteiger partial charge in [0.25, 0.3) is 0 Å². The van der Waals surface area contributed by atoms with Crippen LogP contribution in [0.25, 0.3) is 22.3 Å². The minimum Gasteiger partial charge on any atom is -0.490 e. The van der Waals surface area contributed by atoms with E-state index in [1.807, 2.05) is 4.72 Å². The maximum absolute atomic E-state index is 13.3. The van der Waals surface area contributed by atoms with E-state index in [1.165, 1.54) is 12.1 Å². The summed E-state index contributed by atoms with van der Waals surface area (Å²) in [6.45, 7) is -0.141. The number of nitrogens with one attached hydrogen (secondary N) is 1. The molecule has 1 amide bonds. The second-order valence-corrected chi connectivity index (χ2v) is 10.7. The summed E-state index contributed by atoms with van der Waals surface area (Å²) in [7, 11) is -3.65. The number of para-hydroxylation sites is 1. The lowest BCUT2D eigenvalue weighted by Gasteiger charge is -2.33. The van der Waals surface area contributed by atoms with Crippen LogP contribution >= 0.6 is 11.6 Å². The van der Waals surface area contributed by atoms with Crippen molar-refractivity contribution in [3.63, 3.8) is 0 Å². The van der Waals surface area contributed by atoms with Gasteiger partial charge in [-0.05, 0) is 43.2 Å². The summed E-state index contributed by atoms with van der Waals surface area (Å²) in [6, 6.07) is 8.59. The van der Waals surface area contributed by atoms with Crippen LogP contribution in [0.1, 0.15) is 18.4 Å². The van der Waals surface area contributed by atoms with E-state index in [0.717, 1.165) is 30.5 Å². The molecule has 198 valence electrons. The van der Waals surface area contributed by atoms with Gasteiger partial charge < -0.3 is 13.9 Å². The van der Waals surface area contributed by atoms with Crippen LogP contribution in [-0.2, 0) is 25.7 Å². The lowest BCUT2D eigenvalue weighted by Crippen LogP contribution is -2.44. The number of amides is 1. The third-order valence-electron chi connectivity index (χ3n) is 5.73. The standard InChI is InChI=1S/C24H21ClF3NO7S/c1-37(32,33)29-23(31)13-9-15(10-13)34-7-8-35-20-11-14(24(26,27)28)5-6-17(20)21-12-19(30)16-3-2-4-18(25)22(16)36-21/h2-6,11-13,15H,7-10H2,1H3,(H,29,31). The molecular weight excluding hydrogens is 539 g/mol. The van der Waals surface area contributed by atoms with Gasteiger partial charge in [-0.15, -0.1) is 0 Å². The molecule has 0 saturated heterocycles.